The number of nitrogens with zero attached hydrogens (tertiary/aromatic N) is 8. The van der Waals surface area contributed by atoms with Crippen molar-refractivity contribution >= 4 is 33.7 Å². The molecule has 4 aliphatic heterocycles. The molecule has 12 nitrogen and oxygen atoms in total. The zero-order valence-corrected chi connectivity index (χ0v) is 45.0. The van der Waals surface area contributed by atoms with Gasteiger partial charge in [0.2, 0.25) is 11.9 Å². The van der Waals surface area contributed by atoms with Crippen LogP contribution in [0.2, 0.25) is 0 Å². The third-order valence-corrected chi connectivity index (χ3v) is 17.3. The Morgan fingerprint density at radius 3 is 1.59 bits per heavy atom. The van der Waals surface area contributed by atoms with Crippen LogP contribution < -0.4 is 20.9 Å². The maximum Gasteiger partial charge on any atom is 0.255 e. The van der Waals surface area contributed by atoms with Crippen LogP contribution in [-0.2, 0) is 39.0 Å². The molecule has 2 N–H and O–H groups in total. The van der Waals surface area contributed by atoms with Gasteiger partial charge in [-0.1, -0.05) is 50.2 Å². The highest BCUT2D eigenvalue weighted by Crippen LogP contribution is 2.41. The molecule has 0 bridgehead atoms. The minimum Gasteiger partial charge on any atom is -0.360 e. The fourth-order valence-electron chi connectivity index (χ4n) is 13.6. The fraction of sp³-hybridized carbons (Fsp3) is 0.419. The Morgan fingerprint density at radius 2 is 1.07 bits per heavy atom. The molecular formula is C62H72N10O2. The van der Waals surface area contributed by atoms with Crippen LogP contribution >= 0.6 is 0 Å². The monoisotopic (exact) mass is 989 g/mol. The first-order valence-electron chi connectivity index (χ1n) is 27.3. The Bertz CT molecular complexity index is 3630. The molecule has 0 radical (unpaired) electrons. The number of fused-ring (bicyclic) bond motifs is 6. The Morgan fingerprint density at radius 1 is 0.595 bits per heavy atom. The van der Waals surface area contributed by atoms with E-state index in [9.17, 15) is 9.59 Å². The Kier molecular flexibility index (Phi) is 11.7. The van der Waals surface area contributed by atoms with Crippen molar-refractivity contribution in [2.75, 3.05) is 22.9 Å². The zero-order chi connectivity index (χ0) is 51.5. The predicted molar refractivity (Wildman–Crippen MR) is 302 cm³/mol. The number of likely N-dealkylation sites (N-methyl/N-ethyl adjacent to an activating group) is 2. The molecule has 3 atom stereocenters. The van der Waals surface area contributed by atoms with Gasteiger partial charge in [-0.3, -0.25) is 28.5 Å². The first kappa shape index (κ1) is 48.2. The summed E-state index contributed by atoms with van der Waals surface area (Å²) in [7, 11) is 0. The highest BCUT2D eigenvalue weighted by Gasteiger charge is 2.42. The number of aromatic nitrogens is 6. The van der Waals surface area contributed by atoms with Crippen molar-refractivity contribution in [1.29, 1.82) is 0 Å². The van der Waals surface area contributed by atoms with Gasteiger partial charge < -0.3 is 19.8 Å². The predicted octanol–water partition coefficient (Wildman–Crippen LogP) is 11.4. The van der Waals surface area contributed by atoms with Crippen molar-refractivity contribution in [3.63, 3.8) is 0 Å². The summed E-state index contributed by atoms with van der Waals surface area (Å²) in [6.45, 7) is 27.5. The average molecular weight is 989 g/mol. The van der Waals surface area contributed by atoms with Gasteiger partial charge in [-0.2, -0.15) is 0 Å². The Hall–Kier alpha value is -6.76. The van der Waals surface area contributed by atoms with Crippen LogP contribution in [0.4, 0.5) is 11.9 Å². The Labute approximate surface area is 435 Å². The standard InChI is InChI=1S/C62H72N10O2/c1-11-67-33-46-24-41(15-14-40(46)23-39(67)6)44-18-21-54-50(27-44)52(32-64-54)56-30-58(74)70-36-62(9,10)72(60(70)66-56)38(5)13-20-48-26-43-17-16-42(25-47(43)34-68(48)12-2)45-19-22-53-49(28-45)51(31-63-53)55-29-57(73)69-35-61(7,8)71(37(3)4)59(69)65-55/h14-19,21-22,24-25,27-32,37-39,48,63-64H,11-13,20,23,26,33-36H2,1-10H3/t38?,39-,48+/m1/s1. The average Bonchev–Trinajstić information content (AvgIpc) is 4.14. The van der Waals surface area contributed by atoms with Crippen LogP contribution in [0.1, 0.15) is 104 Å². The molecule has 12 heteroatoms. The van der Waals surface area contributed by atoms with E-state index in [4.69, 9.17) is 9.97 Å². The topological polar surface area (TPSA) is 114 Å². The normalized spacial score (nSPS) is 19.6. The second-order valence-corrected chi connectivity index (χ2v) is 23.5. The molecule has 0 amide bonds. The Balaban J connectivity index is 0.772. The first-order valence-corrected chi connectivity index (χ1v) is 27.3. The molecule has 0 spiro atoms. The van der Waals surface area contributed by atoms with Crippen molar-refractivity contribution in [3.05, 3.63) is 140 Å². The molecular weight excluding hydrogens is 917 g/mol. The van der Waals surface area contributed by atoms with Crippen molar-refractivity contribution in [2.45, 2.75) is 156 Å². The molecule has 8 aromatic rings. The molecule has 0 saturated carbocycles. The summed E-state index contributed by atoms with van der Waals surface area (Å²) >= 11 is 0. The lowest BCUT2D eigenvalue weighted by molar-refractivity contribution is 0.166. The van der Waals surface area contributed by atoms with Gasteiger partial charge in [0.1, 0.15) is 0 Å². The van der Waals surface area contributed by atoms with Crippen LogP contribution in [0.25, 0.3) is 66.6 Å². The van der Waals surface area contributed by atoms with E-state index in [1.165, 1.54) is 38.9 Å². The molecule has 4 aliphatic rings. The zero-order valence-electron chi connectivity index (χ0n) is 45.0. The number of rotatable bonds is 11. The van der Waals surface area contributed by atoms with Gasteiger partial charge in [0.15, 0.2) is 0 Å². The molecule has 0 fully saturated rings. The van der Waals surface area contributed by atoms with Gasteiger partial charge in [0.25, 0.3) is 11.1 Å². The van der Waals surface area contributed by atoms with Gasteiger partial charge in [0.05, 0.1) is 35.6 Å². The van der Waals surface area contributed by atoms with Crippen LogP contribution in [0.15, 0.2) is 107 Å². The van der Waals surface area contributed by atoms with E-state index in [0.717, 1.165) is 102 Å². The lowest BCUT2D eigenvalue weighted by Crippen LogP contribution is -2.48. The molecule has 8 heterocycles. The number of aromatic amines is 2. The van der Waals surface area contributed by atoms with E-state index in [1.807, 2.05) is 21.5 Å². The highest BCUT2D eigenvalue weighted by atomic mass is 16.1. The van der Waals surface area contributed by atoms with E-state index < -0.39 is 0 Å². The molecule has 0 aliphatic carbocycles. The molecule has 382 valence electrons. The lowest BCUT2D eigenvalue weighted by Gasteiger charge is -2.40. The van der Waals surface area contributed by atoms with Crippen molar-refractivity contribution < 1.29 is 0 Å². The number of benzene rings is 4. The van der Waals surface area contributed by atoms with Gasteiger partial charge in [0, 0.05) is 94.7 Å². The van der Waals surface area contributed by atoms with E-state index >= 15 is 0 Å². The molecule has 74 heavy (non-hydrogen) atoms. The third-order valence-electron chi connectivity index (χ3n) is 17.3. The van der Waals surface area contributed by atoms with E-state index in [2.05, 4.69) is 172 Å². The van der Waals surface area contributed by atoms with Crippen LogP contribution in [0, 0.1) is 0 Å². The molecule has 4 aromatic heterocycles. The SMILES string of the molecule is CCN1Cc2cc(-c3ccc4[nH]cc(-c5cc(=O)n6c(n5)N(C(C)C)C(C)(C)C6)c4c3)ccc2C[C@@H]1CCC(C)N1c2nc(-c3c[nH]c4ccc(-c5ccc6c(c5)CN(CC)[C@H](C)C6)cc34)cc(=O)n2CC1(C)C. The minimum absolute atomic E-state index is 0.00741. The van der Waals surface area contributed by atoms with Gasteiger partial charge >= 0.3 is 0 Å². The summed E-state index contributed by atoms with van der Waals surface area (Å²) in [5.41, 5.74) is 15.2. The van der Waals surface area contributed by atoms with Crippen molar-refractivity contribution in [2.24, 2.45) is 0 Å². The summed E-state index contributed by atoms with van der Waals surface area (Å²) < 4.78 is 3.71. The van der Waals surface area contributed by atoms with Crippen molar-refractivity contribution in [3.8, 4) is 44.8 Å². The minimum atomic E-state index is -0.284. The number of hydrogen-bond donors (Lipinski definition) is 2. The van der Waals surface area contributed by atoms with Gasteiger partial charge in [-0.25, -0.2) is 9.97 Å². The quantitative estimate of drug-likeness (QED) is 0.132. The van der Waals surface area contributed by atoms with Crippen LogP contribution in [0.3, 0.4) is 0 Å². The number of anilines is 2. The maximum atomic E-state index is 14.1. The summed E-state index contributed by atoms with van der Waals surface area (Å²) in [5.74, 6) is 1.50. The first-order chi connectivity index (χ1) is 35.5. The third kappa shape index (κ3) is 8.11. The summed E-state index contributed by atoms with van der Waals surface area (Å²) in [6.07, 6.45) is 8.10. The van der Waals surface area contributed by atoms with E-state index in [1.54, 1.807) is 12.1 Å². The largest absolute Gasteiger partial charge is 0.360 e. The molecule has 0 saturated heterocycles. The van der Waals surface area contributed by atoms with E-state index in [0.29, 0.717) is 36.6 Å². The maximum absolute atomic E-state index is 14.1. The second kappa shape index (κ2) is 18.0. The molecule has 12 rings (SSSR count). The summed E-state index contributed by atoms with van der Waals surface area (Å²) in [6, 6.07) is 32.0. The summed E-state index contributed by atoms with van der Waals surface area (Å²) in [5, 5.41) is 2.13. The van der Waals surface area contributed by atoms with Gasteiger partial charge in [-0.05, 0) is 175 Å². The number of H-pyrrole nitrogens is 2. The van der Waals surface area contributed by atoms with Crippen LogP contribution in [-0.4, -0.2) is 87.2 Å². The fourth-order valence-corrected chi connectivity index (χ4v) is 13.6. The second-order valence-electron chi connectivity index (χ2n) is 23.5. The number of nitrogens with one attached hydrogen (secondary N) is 2. The summed E-state index contributed by atoms with van der Waals surface area (Å²) in [4.78, 5) is 55.0. The van der Waals surface area contributed by atoms with Crippen LogP contribution in [0.5, 0.6) is 0 Å². The van der Waals surface area contributed by atoms with Gasteiger partial charge in [-0.15, -0.1) is 0 Å². The lowest BCUT2D eigenvalue weighted by atomic mass is 9.88. The van der Waals surface area contributed by atoms with E-state index in [-0.39, 0.29) is 34.3 Å². The highest BCUT2D eigenvalue weighted by molar-refractivity contribution is 5.98. The smallest absolute Gasteiger partial charge is 0.255 e. The van der Waals surface area contributed by atoms with Crippen molar-refractivity contribution in [1.82, 2.24) is 38.9 Å². The molecule has 4 aromatic carbocycles. The number of hydrogen-bond acceptors (Lipinski definition) is 8. The molecule has 1 unspecified atom stereocenters.